The van der Waals surface area contributed by atoms with Crippen molar-refractivity contribution >= 4 is 43.6 Å². The number of pyridine rings is 1. The number of hydrogen-bond donors (Lipinski definition) is 0. The predicted octanol–water partition coefficient (Wildman–Crippen LogP) is 4.77. The molecule has 142 valence electrons. The van der Waals surface area contributed by atoms with Gasteiger partial charge in [0.2, 0.25) is 0 Å². The van der Waals surface area contributed by atoms with Crippen LogP contribution in [0.2, 0.25) is 0 Å². The fraction of sp³-hybridized carbons (Fsp3) is 0.0952. The van der Waals surface area contributed by atoms with Crippen LogP contribution < -0.4 is 4.74 Å². The third-order valence-corrected chi connectivity index (χ3v) is 7.21. The number of hydrogen-bond acceptors (Lipinski definition) is 4. The molecule has 4 aromatic rings. The van der Waals surface area contributed by atoms with Gasteiger partial charge in [-0.3, -0.25) is 0 Å². The second-order valence-corrected chi connectivity index (χ2v) is 9.26. The molecule has 5 nitrogen and oxygen atoms in total. The highest BCUT2D eigenvalue weighted by Gasteiger charge is 2.24. The van der Waals surface area contributed by atoms with Crippen molar-refractivity contribution in [2.75, 3.05) is 0 Å². The van der Waals surface area contributed by atoms with Crippen LogP contribution in [0, 0.1) is 10.6 Å². The molecule has 2 aromatic carbocycles. The molecule has 2 heterocycles. The summed E-state index contributed by atoms with van der Waals surface area (Å²) in [5.74, 6) is 0.602. The van der Waals surface area contributed by atoms with E-state index in [2.05, 4.69) is 4.98 Å². The van der Waals surface area contributed by atoms with Gasteiger partial charge in [-0.05, 0) is 59.3 Å². The summed E-state index contributed by atoms with van der Waals surface area (Å²) in [6.07, 6.45) is 1.57. The van der Waals surface area contributed by atoms with Crippen LogP contribution in [0.5, 0.6) is 5.75 Å². The Bertz CT molecular complexity index is 1230. The van der Waals surface area contributed by atoms with Gasteiger partial charge < -0.3 is 4.74 Å². The lowest BCUT2D eigenvalue weighted by atomic mass is 10.2. The second kappa shape index (κ2) is 7.56. The summed E-state index contributed by atoms with van der Waals surface area (Å²) in [7, 11) is -3.76. The smallest absolute Gasteiger partial charge is 0.270 e. The molecule has 2 aromatic heterocycles. The maximum Gasteiger partial charge on any atom is 0.270 e. The van der Waals surface area contributed by atoms with E-state index >= 15 is 0 Å². The summed E-state index contributed by atoms with van der Waals surface area (Å²) in [5.41, 5.74) is 2.39. The van der Waals surface area contributed by atoms with Gasteiger partial charge in [-0.1, -0.05) is 48.0 Å². The largest absolute Gasteiger partial charge is 0.488 e. The summed E-state index contributed by atoms with van der Waals surface area (Å²) < 4.78 is 34.2. The van der Waals surface area contributed by atoms with Crippen LogP contribution in [0.3, 0.4) is 0 Å². The van der Waals surface area contributed by atoms with Crippen LogP contribution in [0.15, 0.2) is 77.8 Å². The fourth-order valence-electron chi connectivity index (χ4n) is 2.93. The Kier molecular flexibility index (Phi) is 5.11. The van der Waals surface area contributed by atoms with Gasteiger partial charge in [0.1, 0.15) is 12.4 Å². The van der Waals surface area contributed by atoms with Crippen molar-refractivity contribution in [2.45, 2.75) is 18.4 Å². The molecule has 28 heavy (non-hydrogen) atoms. The quantitative estimate of drug-likeness (QED) is 0.368. The minimum absolute atomic E-state index is 0.228. The molecule has 0 radical (unpaired) electrons. The molecule has 0 atom stereocenters. The first-order valence-electron chi connectivity index (χ1n) is 8.62. The number of ether oxygens (including phenoxy) is 1. The van der Waals surface area contributed by atoms with Crippen molar-refractivity contribution < 1.29 is 13.2 Å². The molecule has 0 aliphatic carbocycles. The Labute approximate surface area is 177 Å². The van der Waals surface area contributed by atoms with Crippen LogP contribution in [-0.2, 0) is 16.6 Å². The van der Waals surface area contributed by atoms with Crippen LogP contribution >= 0.6 is 22.6 Å². The highest BCUT2D eigenvalue weighted by atomic mass is 127. The molecule has 0 unspecified atom stereocenters. The normalized spacial score (nSPS) is 11.6. The summed E-state index contributed by atoms with van der Waals surface area (Å²) in [6, 6.07) is 20.2. The lowest BCUT2D eigenvalue weighted by Gasteiger charge is -2.10. The zero-order chi connectivity index (χ0) is 19.7. The number of fused-ring (bicyclic) bond motifs is 1. The minimum Gasteiger partial charge on any atom is -0.488 e. The molecule has 0 fully saturated rings. The van der Waals surface area contributed by atoms with E-state index in [0.29, 0.717) is 27.1 Å². The van der Waals surface area contributed by atoms with Crippen LogP contribution in [-0.4, -0.2) is 17.4 Å². The SMILES string of the molecule is Cc1ccc(S(=O)(=O)n2c(I)cc3c(OCc4ccccc4)ccnc32)cc1. The van der Waals surface area contributed by atoms with Gasteiger partial charge >= 0.3 is 0 Å². The Morgan fingerprint density at radius 3 is 2.46 bits per heavy atom. The minimum atomic E-state index is -3.76. The summed E-state index contributed by atoms with van der Waals surface area (Å²) >= 11 is 2.02. The number of rotatable bonds is 5. The van der Waals surface area contributed by atoms with Crippen molar-refractivity contribution in [2.24, 2.45) is 0 Å². The van der Waals surface area contributed by atoms with E-state index in [1.807, 2.05) is 59.8 Å². The van der Waals surface area contributed by atoms with Crippen LogP contribution in [0.25, 0.3) is 11.0 Å². The third-order valence-electron chi connectivity index (χ3n) is 4.38. The fourth-order valence-corrected chi connectivity index (χ4v) is 5.59. The first-order valence-corrected chi connectivity index (χ1v) is 11.1. The van der Waals surface area contributed by atoms with Gasteiger partial charge in [0, 0.05) is 6.20 Å². The maximum absolute atomic E-state index is 13.2. The molecule has 0 N–H and O–H groups in total. The molecule has 0 amide bonds. The number of halogens is 1. The van der Waals surface area contributed by atoms with E-state index in [1.54, 1.807) is 42.6 Å². The first-order chi connectivity index (χ1) is 13.5. The van der Waals surface area contributed by atoms with Gasteiger partial charge in [0.05, 0.1) is 14.0 Å². The lowest BCUT2D eigenvalue weighted by Crippen LogP contribution is -2.15. The average Bonchev–Trinajstić information content (AvgIpc) is 3.04. The monoisotopic (exact) mass is 504 g/mol. The molecular weight excluding hydrogens is 487 g/mol. The Morgan fingerprint density at radius 1 is 1.04 bits per heavy atom. The average molecular weight is 504 g/mol. The van der Waals surface area contributed by atoms with Crippen LogP contribution in [0.1, 0.15) is 11.1 Å². The highest BCUT2D eigenvalue weighted by molar-refractivity contribution is 14.1. The number of benzene rings is 2. The zero-order valence-corrected chi connectivity index (χ0v) is 18.0. The van der Waals surface area contributed by atoms with Crippen molar-refractivity contribution in [1.29, 1.82) is 0 Å². The number of aromatic nitrogens is 2. The Balaban J connectivity index is 1.77. The summed E-state index contributed by atoms with van der Waals surface area (Å²) in [6.45, 7) is 2.32. The van der Waals surface area contributed by atoms with E-state index in [1.165, 1.54) is 3.97 Å². The third kappa shape index (κ3) is 3.51. The van der Waals surface area contributed by atoms with Gasteiger partial charge in [-0.25, -0.2) is 17.4 Å². The zero-order valence-electron chi connectivity index (χ0n) is 15.0. The van der Waals surface area contributed by atoms with E-state index in [0.717, 1.165) is 11.1 Å². The standard InChI is InChI=1S/C21H17IN2O3S/c1-15-7-9-17(10-8-15)28(25,26)24-20(22)13-18-19(11-12-23-21(18)24)27-14-16-5-3-2-4-6-16/h2-13H,14H2,1H3. The van der Waals surface area contributed by atoms with Crippen LogP contribution in [0.4, 0.5) is 0 Å². The summed E-state index contributed by atoms with van der Waals surface area (Å²) in [5, 5.41) is 0.665. The number of nitrogens with zero attached hydrogens (tertiary/aromatic N) is 2. The maximum atomic E-state index is 13.2. The van der Waals surface area contributed by atoms with Gasteiger partial charge in [-0.15, -0.1) is 0 Å². The van der Waals surface area contributed by atoms with Crippen molar-refractivity contribution in [3.05, 3.63) is 87.8 Å². The Hall–Kier alpha value is -2.39. The molecule has 7 heteroatoms. The molecule has 0 aliphatic rings. The molecular formula is C21H17IN2O3S. The summed E-state index contributed by atoms with van der Waals surface area (Å²) in [4.78, 5) is 4.55. The molecule has 0 spiro atoms. The predicted molar refractivity (Wildman–Crippen MR) is 117 cm³/mol. The number of aryl methyl sites for hydroxylation is 1. The second-order valence-electron chi connectivity index (χ2n) is 6.37. The molecule has 0 aliphatic heterocycles. The Morgan fingerprint density at radius 2 is 1.75 bits per heavy atom. The highest BCUT2D eigenvalue weighted by Crippen LogP contribution is 2.31. The first kappa shape index (κ1) is 18.9. The molecule has 4 rings (SSSR count). The van der Waals surface area contributed by atoms with E-state index in [-0.39, 0.29) is 4.90 Å². The molecule has 0 saturated heterocycles. The lowest BCUT2D eigenvalue weighted by molar-refractivity contribution is 0.310. The van der Waals surface area contributed by atoms with Gasteiger partial charge in [0.25, 0.3) is 10.0 Å². The van der Waals surface area contributed by atoms with Crippen molar-refractivity contribution in [3.63, 3.8) is 0 Å². The van der Waals surface area contributed by atoms with Gasteiger partial charge in [0.15, 0.2) is 5.65 Å². The van der Waals surface area contributed by atoms with Crippen molar-refractivity contribution in [3.8, 4) is 5.75 Å². The van der Waals surface area contributed by atoms with E-state index in [4.69, 9.17) is 4.74 Å². The molecule has 0 bridgehead atoms. The topological polar surface area (TPSA) is 61.2 Å². The van der Waals surface area contributed by atoms with Crippen molar-refractivity contribution in [1.82, 2.24) is 8.96 Å². The molecule has 0 saturated carbocycles. The van der Waals surface area contributed by atoms with E-state index in [9.17, 15) is 8.42 Å². The van der Waals surface area contributed by atoms with Gasteiger partial charge in [-0.2, -0.15) is 0 Å². The van der Waals surface area contributed by atoms with E-state index < -0.39 is 10.0 Å².